The third-order valence-electron chi connectivity index (χ3n) is 3.66. The molecular formula is C17H15ClF2N4O3. The Kier molecular flexibility index (Phi) is 5.82. The molecule has 10 heteroatoms. The molecule has 0 spiro atoms. The molecule has 0 aliphatic heterocycles. The molecule has 2 N–H and O–H groups in total. The van der Waals surface area contributed by atoms with Crippen molar-refractivity contribution in [2.75, 3.05) is 19.7 Å². The van der Waals surface area contributed by atoms with E-state index in [4.69, 9.17) is 16.3 Å². The highest BCUT2D eigenvalue weighted by Gasteiger charge is 2.16. The van der Waals surface area contributed by atoms with Crippen LogP contribution in [0, 0.1) is 0 Å². The highest BCUT2D eigenvalue weighted by atomic mass is 35.5. The van der Waals surface area contributed by atoms with Gasteiger partial charge in [-0.15, -0.1) is 0 Å². The third-order valence-corrected chi connectivity index (χ3v) is 3.85. The van der Waals surface area contributed by atoms with Crippen LogP contribution in [0.25, 0.3) is 16.6 Å². The summed E-state index contributed by atoms with van der Waals surface area (Å²) >= 11 is 6.04. The summed E-state index contributed by atoms with van der Waals surface area (Å²) in [6, 6.07) is 10.1. The lowest BCUT2D eigenvalue weighted by molar-refractivity contribution is 0.144. The minimum Gasteiger partial charge on any atom is -0.476 e. The van der Waals surface area contributed by atoms with Crippen LogP contribution in [0.2, 0.25) is 5.15 Å². The highest BCUT2D eigenvalue weighted by molar-refractivity contribution is 6.30. The van der Waals surface area contributed by atoms with Gasteiger partial charge in [0.1, 0.15) is 17.1 Å². The molecule has 27 heavy (non-hydrogen) atoms. The Morgan fingerprint density at radius 2 is 2.00 bits per heavy atom. The average molecular weight is 397 g/mol. The highest BCUT2D eigenvalue weighted by Crippen LogP contribution is 2.24. The molecule has 0 bridgehead atoms. The van der Waals surface area contributed by atoms with Crippen molar-refractivity contribution in [1.29, 1.82) is 0 Å². The van der Waals surface area contributed by atoms with Gasteiger partial charge in [-0.2, -0.15) is 0 Å². The van der Waals surface area contributed by atoms with Gasteiger partial charge < -0.3 is 10.1 Å². The summed E-state index contributed by atoms with van der Waals surface area (Å²) in [7, 11) is 0. The monoisotopic (exact) mass is 396 g/mol. The van der Waals surface area contributed by atoms with Gasteiger partial charge in [0, 0.05) is 12.6 Å². The van der Waals surface area contributed by atoms with Crippen molar-refractivity contribution in [2.24, 2.45) is 0 Å². The van der Waals surface area contributed by atoms with Crippen molar-refractivity contribution in [3.8, 4) is 11.6 Å². The lowest BCUT2D eigenvalue weighted by atomic mass is 10.2. The number of rotatable bonds is 7. The van der Waals surface area contributed by atoms with Crippen molar-refractivity contribution in [3.63, 3.8) is 0 Å². The summed E-state index contributed by atoms with van der Waals surface area (Å²) < 4.78 is 31.0. The zero-order chi connectivity index (χ0) is 19.4. The Hall–Kier alpha value is -2.78. The van der Waals surface area contributed by atoms with Crippen molar-refractivity contribution in [1.82, 2.24) is 19.9 Å². The van der Waals surface area contributed by atoms with E-state index >= 15 is 0 Å². The Bertz CT molecular complexity index is 1050. The number of alkyl halides is 2. The fraction of sp³-hybridized carbons (Fsp3) is 0.235. The molecule has 7 nitrogen and oxygen atoms in total. The van der Waals surface area contributed by atoms with Gasteiger partial charge in [-0.25, -0.2) is 18.6 Å². The molecule has 142 valence electrons. The standard InChI is InChI=1S/C17H15ClF2N4O3/c18-12-8-11-14(16(22-12)27-7-6-21-9-13(19)20)15(25)23-17(26)24(11)10-4-2-1-3-5-10/h1-5,8,13,21H,6-7,9H2,(H,23,25,26). The quantitative estimate of drug-likeness (QED) is 0.471. The Labute approximate surface area is 156 Å². The van der Waals surface area contributed by atoms with E-state index in [1.54, 1.807) is 30.3 Å². The number of nitrogens with zero attached hydrogens (tertiary/aromatic N) is 2. The van der Waals surface area contributed by atoms with Crippen molar-refractivity contribution < 1.29 is 13.5 Å². The van der Waals surface area contributed by atoms with E-state index in [2.05, 4.69) is 15.3 Å². The zero-order valence-corrected chi connectivity index (χ0v) is 14.7. The van der Waals surface area contributed by atoms with Crippen molar-refractivity contribution in [3.05, 3.63) is 62.4 Å². The maximum absolute atomic E-state index is 12.4. The van der Waals surface area contributed by atoms with Crippen LogP contribution in [0.5, 0.6) is 5.88 Å². The number of hydrogen-bond donors (Lipinski definition) is 2. The summed E-state index contributed by atoms with van der Waals surface area (Å²) in [4.78, 5) is 30.9. The van der Waals surface area contributed by atoms with Gasteiger partial charge in [-0.1, -0.05) is 29.8 Å². The molecule has 0 radical (unpaired) electrons. The second kappa shape index (κ2) is 8.28. The molecule has 0 fully saturated rings. The number of benzene rings is 1. The molecule has 2 heterocycles. The number of aromatic nitrogens is 3. The fourth-order valence-corrected chi connectivity index (χ4v) is 2.74. The molecule has 3 aromatic rings. The maximum atomic E-state index is 12.4. The molecule has 2 aromatic heterocycles. The number of hydrogen-bond acceptors (Lipinski definition) is 5. The van der Waals surface area contributed by atoms with E-state index in [-0.39, 0.29) is 35.1 Å². The molecule has 0 aliphatic carbocycles. The van der Waals surface area contributed by atoms with Gasteiger partial charge in [0.2, 0.25) is 5.88 Å². The van der Waals surface area contributed by atoms with E-state index in [1.807, 2.05) is 0 Å². The Balaban J connectivity index is 2.04. The number of para-hydroxylation sites is 1. The van der Waals surface area contributed by atoms with Gasteiger partial charge in [-0.05, 0) is 12.1 Å². The first kappa shape index (κ1) is 19.0. The van der Waals surface area contributed by atoms with E-state index < -0.39 is 24.2 Å². The van der Waals surface area contributed by atoms with Gasteiger partial charge in [0.15, 0.2) is 0 Å². The largest absolute Gasteiger partial charge is 0.476 e. The van der Waals surface area contributed by atoms with Gasteiger partial charge in [0.25, 0.3) is 12.0 Å². The summed E-state index contributed by atoms with van der Waals surface area (Å²) in [6.07, 6.45) is -2.47. The topological polar surface area (TPSA) is 89.0 Å². The van der Waals surface area contributed by atoms with Crippen molar-refractivity contribution in [2.45, 2.75) is 6.43 Å². The molecule has 1 aromatic carbocycles. The number of halogens is 3. The minimum absolute atomic E-state index is 0.0148. The Morgan fingerprint density at radius 1 is 1.26 bits per heavy atom. The fourth-order valence-electron chi connectivity index (χ4n) is 2.56. The summed E-state index contributed by atoms with van der Waals surface area (Å²) in [5, 5.41) is 2.56. The van der Waals surface area contributed by atoms with E-state index in [0.29, 0.717) is 5.69 Å². The first-order valence-electron chi connectivity index (χ1n) is 8.00. The number of pyridine rings is 1. The van der Waals surface area contributed by atoms with Crippen molar-refractivity contribution >= 4 is 22.5 Å². The number of nitrogens with one attached hydrogen (secondary N) is 2. The number of ether oxygens (including phenoxy) is 1. The predicted molar refractivity (Wildman–Crippen MR) is 97.3 cm³/mol. The van der Waals surface area contributed by atoms with Crippen LogP contribution < -0.4 is 21.3 Å². The molecule has 0 aliphatic rings. The molecule has 0 amide bonds. The number of fused-ring (bicyclic) bond motifs is 1. The molecule has 0 atom stereocenters. The van der Waals surface area contributed by atoms with E-state index in [0.717, 1.165) is 0 Å². The van der Waals surface area contributed by atoms with Crippen LogP contribution in [-0.2, 0) is 0 Å². The second-order valence-electron chi connectivity index (χ2n) is 5.52. The summed E-state index contributed by atoms with van der Waals surface area (Å²) in [5.74, 6) is -0.0812. The first-order valence-corrected chi connectivity index (χ1v) is 8.38. The lowest BCUT2D eigenvalue weighted by Crippen LogP contribution is -2.30. The smallest absolute Gasteiger partial charge is 0.333 e. The number of aromatic amines is 1. The Morgan fingerprint density at radius 3 is 2.70 bits per heavy atom. The second-order valence-corrected chi connectivity index (χ2v) is 5.91. The molecular weight excluding hydrogens is 382 g/mol. The minimum atomic E-state index is -2.47. The summed E-state index contributed by atoms with van der Waals surface area (Å²) in [6.45, 7) is -0.365. The first-order chi connectivity index (χ1) is 13.0. The van der Waals surface area contributed by atoms with Crippen LogP contribution in [0.15, 0.2) is 46.0 Å². The lowest BCUT2D eigenvalue weighted by Gasteiger charge is -2.13. The van der Waals surface area contributed by atoms with Gasteiger partial charge in [-0.3, -0.25) is 14.3 Å². The van der Waals surface area contributed by atoms with Crippen LogP contribution in [0.1, 0.15) is 0 Å². The normalized spacial score (nSPS) is 11.3. The third kappa shape index (κ3) is 4.32. The molecule has 0 saturated heterocycles. The zero-order valence-electron chi connectivity index (χ0n) is 13.9. The maximum Gasteiger partial charge on any atom is 0.333 e. The SMILES string of the molecule is O=c1[nH]c(=O)n(-c2ccccc2)c2cc(Cl)nc(OCCNCC(F)F)c12. The molecule has 0 unspecified atom stereocenters. The van der Waals surface area contributed by atoms with Crippen LogP contribution in [0.3, 0.4) is 0 Å². The average Bonchev–Trinajstić information content (AvgIpc) is 2.61. The van der Waals surface area contributed by atoms with E-state index in [1.165, 1.54) is 10.6 Å². The molecule has 3 rings (SSSR count). The summed E-state index contributed by atoms with van der Waals surface area (Å²) in [5.41, 5.74) is -0.562. The van der Waals surface area contributed by atoms with Crippen LogP contribution >= 0.6 is 11.6 Å². The molecule has 0 saturated carbocycles. The van der Waals surface area contributed by atoms with Gasteiger partial charge >= 0.3 is 5.69 Å². The van der Waals surface area contributed by atoms with Crippen LogP contribution in [-0.4, -0.2) is 40.7 Å². The predicted octanol–water partition coefficient (Wildman–Crippen LogP) is 1.96. The van der Waals surface area contributed by atoms with Crippen LogP contribution in [0.4, 0.5) is 8.78 Å². The van der Waals surface area contributed by atoms with E-state index in [9.17, 15) is 18.4 Å². The number of H-pyrrole nitrogens is 1. The van der Waals surface area contributed by atoms with Gasteiger partial charge in [0.05, 0.1) is 17.7 Å².